The molecule has 0 spiro atoms. The SMILES string of the molecule is CC1=C(C(=O)Nc2ccccn2)C(c2cn(Cc3ccc(Cl)cc3)nc2-c2ccccc2)C2=C(CC(C)(C)CC2=O)N1. The van der Waals surface area contributed by atoms with Crippen molar-refractivity contribution in [2.24, 2.45) is 5.41 Å². The van der Waals surface area contributed by atoms with Gasteiger partial charge in [0.2, 0.25) is 0 Å². The minimum Gasteiger partial charge on any atom is -0.362 e. The Morgan fingerprint density at radius 2 is 1.79 bits per heavy atom. The summed E-state index contributed by atoms with van der Waals surface area (Å²) in [5, 5.41) is 12.1. The van der Waals surface area contributed by atoms with Crippen LogP contribution in [-0.4, -0.2) is 26.5 Å². The zero-order valence-electron chi connectivity index (χ0n) is 23.8. The summed E-state index contributed by atoms with van der Waals surface area (Å²) in [5.74, 6) is -0.432. The molecule has 0 fully saturated rings. The van der Waals surface area contributed by atoms with E-state index in [9.17, 15) is 9.59 Å². The highest BCUT2D eigenvalue weighted by Gasteiger charge is 2.44. The predicted molar refractivity (Wildman–Crippen MR) is 165 cm³/mol. The Balaban J connectivity index is 1.52. The summed E-state index contributed by atoms with van der Waals surface area (Å²) in [4.78, 5) is 32.3. The van der Waals surface area contributed by atoms with Crippen LogP contribution in [0.25, 0.3) is 11.3 Å². The molecule has 6 rings (SSSR count). The monoisotopic (exact) mass is 577 g/mol. The van der Waals surface area contributed by atoms with Gasteiger partial charge in [-0.25, -0.2) is 4.98 Å². The van der Waals surface area contributed by atoms with Crippen molar-refractivity contribution >= 4 is 29.1 Å². The first-order valence-corrected chi connectivity index (χ1v) is 14.4. The molecule has 2 aromatic heterocycles. The van der Waals surface area contributed by atoms with Crippen LogP contribution in [0.15, 0.2) is 108 Å². The summed E-state index contributed by atoms with van der Waals surface area (Å²) < 4.78 is 1.88. The number of nitrogens with zero attached hydrogens (tertiary/aromatic N) is 3. The van der Waals surface area contributed by atoms with Gasteiger partial charge in [-0.3, -0.25) is 14.3 Å². The van der Waals surface area contributed by atoms with Crippen LogP contribution in [0.1, 0.15) is 50.7 Å². The van der Waals surface area contributed by atoms with Crippen LogP contribution in [0, 0.1) is 5.41 Å². The molecule has 2 aliphatic rings. The van der Waals surface area contributed by atoms with E-state index in [1.54, 1.807) is 18.3 Å². The number of halogens is 1. The van der Waals surface area contributed by atoms with Crippen molar-refractivity contribution in [2.75, 3.05) is 5.32 Å². The van der Waals surface area contributed by atoms with Gasteiger partial charge in [0.25, 0.3) is 5.91 Å². The van der Waals surface area contributed by atoms with Crippen LogP contribution in [0.4, 0.5) is 5.82 Å². The Morgan fingerprint density at radius 1 is 1.05 bits per heavy atom. The molecule has 1 unspecified atom stereocenters. The average Bonchev–Trinajstić information content (AvgIpc) is 3.37. The quantitative estimate of drug-likeness (QED) is 0.260. The van der Waals surface area contributed by atoms with Crippen LogP contribution < -0.4 is 10.6 Å². The molecule has 212 valence electrons. The van der Waals surface area contributed by atoms with Gasteiger partial charge in [-0.1, -0.05) is 74.0 Å². The van der Waals surface area contributed by atoms with Crippen molar-refractivity contribution in [1.29, 1.82) is 0 Å². The molecule has 1 amide bonds. The lowest BCUT2D eigenvalue weighted by Crippen LogP contribution is -2.39. The van der Waals surface area contributed by atoms with E-state index in [0.717, 1.165) is 28.1 Å². The number of benzene rings is 2. The highest BCUT2D eigenvalue weighted by Crippen LogP contribution is 2.48. The summed E-state index contributed by atoms with van der Waals surface area (Å²) >= 11 is 6.13. The number of ketones is 1. The van der Waals surface area contributed by atoms with Crippen molar-refractivity contribution in [1.82, 2.24) is 20.1 Å². The molecule has 2 aromatic carbocycles. The number of anilines is 1. The van der Waals surface area contributed by atoms with Crippen LogP contribution in [0.3, 0.4) is 0 Å². The molecule has 2 N–H and O–H groups in total. The molecule has 42 heavy (non-hydrogen) atoms. The van der Waals surface area contributed by atoms with Gasteiger partial charge in [0, 0.05) is 57.5 Å². The molecule has 0 saturated heterocycles. The van der Waals surface area contributed by atoms with Gasteiger partial charge in [-0.15, -0.1) is 0 Å². The minimum atomic E-state index is -0.609. The number of hydrogen-bond acceptors (Lipinski definition) is 5. The van der Waals surface area contributed by atoms with Crippen molar-refractivity contribution in [2.45, 2.75) is 46.1 Å². The summed E-state index contributed by atoms with van der Waals surface area (Å²) in [7, 11) is 0. The van der Waals surface area contributed by atoms with E-state index >= 15 is 0 Å². The van der Waals surface area contributed by atoms with Gasteiger partial charge >= 0.3 is 0 Å². The molecule has 0 saturated carbocycles. The van der Waals surface area contributed by atoms with Gasteiger partial charge in [0.1, 0.15) is 5.82 Å². The molecule has 1 atom stereocenters. The Morgan fingerprint density at radius 3 is 2.50 bits per heavy atom. The zero-order valence-corrected chi connectivity index (χ0v) is 24.6. The average molecular weight is 578 g/mol. The molecule has 1 aliphatic heterocycles. The smallest absolute Gasteiger partial charge is 0.255 e. The summed E-state index contributed by atoms with van der Waals surface area (Å²) in [6.45, 7) is 6.62. The first-order valence-electron chi connectivity index (χ1n) is 14.0. The van der Waals surface area contributed by atoms with Gasteiger partial charge in [0.05, 0.1) is 18.2 Å². The number of aromatic nitrogens is 3. The maximum absolute atomic E-state index is 14.0. The molecule has 0 radical (unpaired) electrons. The Bertz CT molecular complexity index is 1720. The molecule has 1 aliphatic carbocycles. The second-order valence-electron chi connectivity index (χ2n) is 11.7. The lowest BCUT2D eigenvalue weighted by molar-refractivity contribution is -0.118. The predicted octanol–water partition coefficient (Wildman–Crippen LogP) is 6.89. The number of hydrogen-bond donors (Lipinski definition) is 2. The third-order valence-electron chi connectivity index (χ3n) is 7.80. The lowest BCUT2D eigenvalue weighted by Gasteiger charge is -2.39. The van der Waals surface area contributed by atoms with Crippen molar-refractivity contribution in [3.63, 3.8) is 0 Å². The first kappa shape index (κ1) is 27.7. The highest BCUT2D eigenvalue weighted by molar-refractivity contribution is 6.30. The minimum absolute atomic E-state index is 0.0406. The number of rotatable bonds is 6. The van der Waals surface area contributed by atoms with Crippen LogP contribution >= 0.6 is 11.6 Å². The zero-order chi connectivity index (χ0) is 29.4. The van der Waals surface area contributed by atoms with E-state index in [2.05, 4.69) is 29.5 Å². The summed E-state index contributed by atoms with van der Waals surface area (Å²) in [5.41, 5.74) is 5.99. The number of Topliss-reactive ketones (excluding diaryl/α,β-unsaturated/α-hetero) is 1. The molecule has 3 heterocycles. The normalized spacial score (nSPS) is 18.0. The number of allylic oxidation sites excluding steroid dienone is 3. The Kier molecular flexibility index (Phi) is 7.29. The van der Waals surface area contributed by atoms with E-state index in [0.29, 0.717) is 47.1 Å². The van der Waals surface area contributed by atoms with Gasteiger partial charge in [-0.05, 0) is 48.6 Å². The number of carbonyl (C=O) groups is 2. The third kappa shape index (κ3) is 5.52. The fourth-order valence-electron chi connectivity index (χ4n) is 5.99. The third-order valence-corrected chi connectivity index (χ3v) is 8.05. The van der Waals surface area contributed by atoms with Crippen LogP contribution in [0.2, 0.25) is 5.02 Å². The van der Waals surface area contributed by atoms with Crippen LogP contribution in [-0.2, 0) is 16.1 Å². The van der Waals surface area contributed by atoms with E-state index in [1.807, 2.05) is 78.5 Å². The summed E-state index contributed by atoms with van der Waals surface area (Å²) in [6.07, 6.45) is 4.72. The number of amides is 1. The van der Waals surface area contributed by atoms with E-state index in [1.165, 1.54) is 0 Å². The lowest BCUT2D eigenvalue weighted by atomic mass is 9.68. The first-order chi connectivity index (χ1) is 20.2. The number of pyridine rings is 1. The molecular weight excluding hydrogens is 546 g/mol. The van der Waals surface area contributed by atoms with Gasteiger partial charge in [-0.2, -0.15) is 5.10 Å². The fourth-order valence-corrected chi connectivity index (χ4v) is 6.12. The second kappa shape index (κ2) is 11.1. The second-order valence-corrected chi connectivity index (χ2v) is 12.2. The molecule has 7 nitrogen and oxygen atoms in total. The fraction of sp³-hybridized carbons (Fsp3) is 0.235. The maximum atomic E-state index is 14.0. The van der Waals surface area contributed by atoms with E-state index in [4.69, 9.17) is 16.7 Å². The molecule has 4 aromatic rings. The largest absolute Gasteiger partial charge is 0.362 e. The van der Waals surface area contributed by atoms with Gasteiger partial charge in [0.15, 0.2) is 5.78 Å². The van der Waals surface area contributed by atoms with Gasteiger partial charge < -0.3 is 10.6 Å². The molecule has 8 heteroatoms. The summed E-state index contributed by atoms with van der Waals surface area (Å²) in [6, 6.07) is 22.9. The van der Waals surface area contributed by atoms with Crippen molar-refractivity contribution in [3.05, 3.63) is 124 Å². The van der Waals surface area contributed by atoms with Crippen LogP contribution in [0.5, 0.6) is 0 Å². The van der Waals surface area contributed by atoms with E-state index < -0.39 is 5.92 Å². The van der Waals surface area contributed by atoms with E-state index in [-0.39, 0.29) is 17.1 Å². The standard InChI is InChI=1S/C34H32ClN5O2/c1-21-29(33(42)38-28-11-7-8-16-36-28)30(31-26(37-21)17-34(2,3)18-27(31)41)25-20-40(19-22-12-14-24(35)15-13-22)39-32(25)23-9-5-4-6-10-23/h4-16,20,30,37H,17-19H2,1-3H3,(H,36,38,42). The van der Waals surface area contributed by atoms with Crippen molar-refractivity contribution < 1.29 is 9.59 Å². The van der Waals surface area contributed by atoms with Crippen molar-refractivity contribution in [3.8, 4) is 11.3 Å². The highest BCUT2D eigenvalue weighted by atomic mass is 35.5. The topological polar surface area (TPSA) is 88.9 Å². The maximum Gasteiger partial charge on any atom is 0.255 e. The Labute approximate surface area is 250 Å². The Hall–Kier alpha value is -4.49. The number of nitrogens with one attached hydrogen (secondary N) is 2. The number of carbonyl (C=O) groups excluding carboxylic acids is 2. The molecule has 0 bridgehead atoms. The number of dihydropyridines is 1. The molecular formula is C34H32ClN5O2.